The lowest BCUT2D eigenvalue weighted by Gasteiger charge is -2.23. The number of allylic oxidation sites excluding steroid dienone is 6. The number of aliphatic imine (C=N–C) groups is 1. The van der Waals surface area contributed by atoms with Crippen LogP contribution in [0.15, 0.2) is 89.4 Å². The summed E-state index contributed by atoms with van der Waals surface area (Å²) in [5, 5.41) is 0. The van der Waals surface area contributed by atoms with E-state index in [1.807, 2.05) is 37.4 Å². The van der Waals surface area contributed by atoms with Gasteiger partial charge in [0.25, 0.3) is 0 Å². The highest BCUT2D eigenvalue weighted by atomic mass is 19.1. The zero-order valence-electron chi connectivity index (χ0n) is 17.7. The van der Waals surface area contributed by atoms with Crippen LogP contribution in [-0.2, 0) is 10.8 Å². The summed E-state index contributed by atoms with van der Waals surface area (Å²) in [7, 11) is 2.04. The van der Waals surface area contributed by atoms with E-state index < -0.39 is 0 Å². The van der Waals surface area contributed by atoms with Crippen LogP contribution in [0.4, 0.5) is 15.8 Å². The van der Waals surface area contributed by atoms with Crippen molar-refractivity contribution in [1.82, 2.24) is 0 Å². The minimum absolute atomic E-state index is 0.162. The number of para-hydroxylation sites is 2. The standard InChI is InChI=1S/C26H27FN2/c1-25(2)19-10-6-8-12-21(19)28-23(25)16-14-18(27)15-17-24-26(3,4)20-11-7-9-13-22(20)29(24)5/h6-17H,1-5H3/b16-14+,18-15-,24-17+. The van der Waals surface area contributed by atoms with Crippen LogP contribution >= 0.6 is 0 Å². The van der Waals surface area contributed by atoms with E-state index in [1.165, 1.54) is 22.9 Å². The predicted molar refractivity (Wildman–Crippen MR) is 121 cm³/mol. The molecule has 0 radical (unpaired) electrons. The molecule has 148 valence electrons. The second-order valence-electron chi connectivity index (χ2n) is 8.78. The Morgan fingerprint density at radius 2 is 1.59 bits per heavy atom. The molecule has 0 saturated carbocycles. The van der Waals surface area contributed by atoms with Crippen LogP contribution in [0.5, 0.6) is 0 Å². The topological polar surface area (TPSA) is 15.6 Å². The van der Waals surface area contributed by atoms with Gasteiger partial charge in [-0.05, 0) is 47.6 Å². The number of halogens is 1. The van der Waals surface area contributed by atoms with Crippen molar-refractivity contribution in [1.29, 1.82) is 0 Å². The first-order chi connectivity index (χ1) is 13.7. The van der Waals surface area contributed by atoms with Crippen LogP contribution in [0.3, 0.4) is 0 Å². The fraction of sp³-hybridized carbons (Fsp3) is 0.269. The van der Waals surface area contributed by atoms with Gasteiger partial charge in [-0.15, -0.1) is 0 Å². The Kier molecular flexibility index (Phi) is 4.57. The second-order valence-corrected chi connectivity index (χ2v) is 8.78. The van der Waals surface area contributed by atoms with E-state index in [4.69, 9.17) is 0 Å². The molecule has 29 heavy (non-hydrogen) atoms. The Bertz CT molecular complexity index is 1080. The lowest BCUT2D eigenvalue weighted by atomic mass is 9.81. The minimum atomic E-state index is -0.285. The zero-order valence-corrected chi connectivity index (χ0v) is 17.7. The van der Waals surface area contributed by atoms with Crippen molar-refractivity contribution in [3.05, 3.63) is 95.5 Å². The molecule has 0 spiro atoms. The van der Waals surface area contributed by atoms with Gasteiger partial charge in [-0.2, -0.15) is 0 Å². The Balaban J connectivity index is 1.58. The van der Waals surface area contributed by atoms with Crippen LogP contribution in [0, 0.1) is 0 Å². The number of nitrogens with zero attached hydrogens (tertiary/aromatic N) is 2. The van der Waals surface area contributed by atoms with Gasteiger partial charge in [-0.3, -0.25) is 4.99 Å². The minimum Gasteiger partial charge on any atom is -0.347 e. The maximum atomic E-state index is 14.7. The molecule has 0 bridgehead atoms. The molecule has 2 aliphatic rings. The summed E-state index contributed by atoms with van der Waals surface area (Å²) in [6.07, 6.45) is 6.74. The van der Waals surface area contributed by atoms with Crippen LogP contribution in [-0.4, -0.2) is 12.8 Å². The average molecular weight is 387 g/mol. The number of likely N-dealkylation sites (N-methyl/N-ethyl adjacent to an activating group) is 1. The second kappa shape index (κ2) is 6.84. The van der Waals surface area contributed by atoms with Crippen LogP contribution in [0.2, 0.25) is 0 Å². The summed E-state index contributed by atoms with van der Waals surface area (Å²) in [5.41, 5.74) is 6.15. The number of rotatable bonds is 3. The third-order valence-corrected chi connectivity index (χ3v) is 6.20. The Morgan fingerprint density at radius 1 is 0.931 bits per heavy atom. The molecule has 0 aliphatic carbocycles. The fourth-order valence-corrected chi connectivity index (χ4v) is 4.43. The predicted octanol–water partition coefficient (Wildman–Crippen LogP) is 6.77. The molecule has 0 atom stereocenters. The molecule has 4 rings (SSSR count). The summed E-state index contributed by atoms with van der Waals surface area (Å²) < 4.78 is 14.7. The van der Waals surface area contributed by atoms with Crippen molar-refractivity contribution in [2.75, 3.05) is 11.9 Å². The Hall–Kier alpha value is -2.94. The SMILES string of the molecule is CN1/C(=C/C=C(F)/C=C/C2=Nc3ccccc3C2(C)C)C(C)(C)c2ccccc21. The zero-order chi connectivity index (χ0) is 20.8. The molecule has 0 N–H and O–H groups in total. The molecule has 2 aromatic rings. The smallest absolute Gasteiger partial charge is 0.123 e. The lowest BCUT2D eigenvalue weighted by Crippen LogP contribution is -2.23. The van der Waals surface area contributed by atoms with Crippen LogP contribution < -0.4 is 4.90 Å². The van der Waals surface area contributed by atoms with E-state index in [2.05, 4.69) is 61.9 Å². The van der Waals surface area contributed by atoms with Gasteiger partial charge < -0.3 is 4.90 Å². The van der Waals surface area contributed by atoms with Crippen molar-refractivity contribution in [3.63, 3.8) is 0 Å². The number of fused-ring (bicyclic) bond motifs is 2. The Labute approximate surface area is 172 Å². The first-order valence-electron chi connectivity index (χ1n) is 10.0. The number of benzene rings is 2. The van der Waals surface area contributed by atoms with Gasteiger partial charge in [0, 0.05) is 29.3 Å². The third-order valence-electron chi connectivity index (χ3n) is 6.20. The number of anilines is 1. The summed E-state index contributed by atoms with van der Waals surface area (Å²) in [6, 6.07) is 16.4. The highest BCUT2D eigenvalue weighted by molar-refractivity contribution is 6.08. The summed E-state index contributed by atoms with van der Waals surface area (Å²) in [5.74, 6) is -0.285. The molecule has 3 heteroatoms. The van der Waals surface area contributed by atoms with E-state index in [1.54, 1.807) is 12.2 Å². The largest absolute Gasteiger partial charge is 0.347 e. The first kappa shape index (κ1) is 19.4. The Morgan fingerprint density at radius 3 is 2.28 bits per heavy atom. The molecule has 2 aliphatic heterocycles. The van der Waals surface area contributed by atoms with E-state index in [9.17, 15) is 4.39 Å². The van der Waals surface area contributed by atoms with Crippen molar-refractivity contribution in [2.24, 2.45) is 4.99 Å². The van der Waals surface area contributed by atoms with Crippen molar-refractivity contribution >= 4 is 17.1 Å². The van der Waals surface area contributed by atoms with E-state index >= 15 is 0 Å². The van der Waals surface area contributed by atoms with Gasteiger partial charge in [-0.25, -0.2) is 4.39 Å². The maximum absolute atomic E-state index is 14.7. The normalized spacial score (nSPS) is 20.9. The molecular formula is C26H27FN2. The molecule has 0 unspecified atom stereocenters. The number of hydrogen-bond acceptors (Lipinski definition) is 2. The van der Waals surface area contributed by atoms with E-state index in [0.29, 0.717) is 0 Å². The number of hydrogen-bond donors (Lipinski definition) is 0. The van der Waals surface area contributed by atoms with Gasteiger partial charge >= 0.3 is 0 Å². The van der Waals surface area contributed by atoms with Gasteiger partial charge in [0.2, 0.25) is 0 Å². The van der Waals surface area contributed by atoms with Crippen LogP contribution in [0.25, 0.3) is 0 Å². The van der Waals surface area contributed by atoms with E-state index in [-0.39, 0.29) is 16.7 Å². The van der Waals surface area contributed by atoms with Crippen LogP contribution in [0.1, 0.15) is 38.8 Å². The molecule has 0 saturated heterocycles. The van der Waals surface area contributed by atoms with Gasteiger partial charge in [0.15, 0.2) is 0 Å². The lowest BCUT2D eigenvalue weighted by molar-refractivity contribution is 0.638. The quantitative estimate of drug-likeness (QED) is 0.531. The van der Waals surface area contributed by atoms with E-state index in [0.717, 1.165) is 17.1 Å². The summed E-state index contributed by atoms with van der Waals surface area (Å²) >= 11 is 0. The molecule has 2 heterocycles. The highest BCUT2D eigenvalue weighted by Crippen LogP contribution is 2.46. The molecule has 0 amide bonds. The van der Waals surface area contributed by atoms with Gasteiger partial charge in [-0.1, -0.05) is 64.1 Å². The van der Waals surface area contributed by atoms with Crippen molar-refractivity contribution in [3.8, 4) is 0 Å². The summed E-state index contributed by atoms with van der Waals surface area (Å²) in [4.78, 5) is 6.83. The third kappa shape index (κ3) is 3.15. The molecular weight excluding hydrogens is 359 g/mol. The van der Waals surface area contributed by atoms with Gasteiger partial charge in [0.1, 0.15) is 5.83 Å². The van der Waals surface area contributed by atoms with Gasteiger partial charge in [0.05, 0.1) is 11.4 Å². The first-order valence-corrected chi connectivity index (χ1v) is 10.0. The highest BCUT2D eigenvalue weighted by Gasteiger charge is 2.37. The fourth-order valence-electron chi connectivity index (χ4n) is 4.43. The summed E-state index contributed by atoms with van der Waals surface area (Å²) in [6.45, 7) is 8.60. The molecule has 0 aromatic heterocycles. The molecule has 2 aromatic carbocycles. The monoisotopic (exact) mass is 386 g/mol. The maximum Gasteiger partial charge on any atom is 0.123 e. The average Bonchev–Trinajstić information content (AvgIpc) is 3.06. The molecule has 2 nitrogen and oxygen atoms in total. The molecule has 0 fully saturated rings. The van der Waals surface area contributed by atoms with Crippen molar-refractivity contribution in [2.45, 2.75) is 38.5 Å². The van der Waals surface area contributed by atoms with Crippen molar-refractivity contribution < 1.29 is 4.39 Å².